The second-order valence-corrected chi connectivity index (χ2v) is 19.5. The van der Waals surface area contributed by atoms with Gasteiger partial charge in [-0.3, -0.25) is 0 Å². The summed E-state index contributed by atoms with van der Waals surface area (Å²) in [5.74, 6) is 0. The molecule has 0 spiro atoms. The first-order valence-corrected chi connectivity index (χ1v) is 15.8. The fourth-order valence-electron chi connectivity index (χ4n) is 5.24. The molecular weight excluding hydrogens is 326 g/mol. The molecule has 3 saturated carbocycles. The van der Waals surface area contributed by atoms with Crippen LogP contribution in [0.25, 0.3) is 0 Å². The summed E-state index contributed by atoms with van der Waals surface area (Å²) in [4.78, 5) is 3.57. The van der Waals surface area contributed by atoms with Crippen molar-refractivity contribution < 1.29 is 0 Å². The van der Waals surface area contributed by atoms with E-state index in [4.69, 9.17) is 0 Å². The van der Waals surface area contributed by atoms with Gasteiger partial charge in [-0.25, -0.2) is 0 Å². The van der Waals surface area contributed by atoms with Gasteiger partial charge in [0.2, 0.25) is 0 Å². The van der Waals surface area contributed by atoms with E-state index < -0.39 is 12.4 Å². The summed E-state index contributed by atoms with van der Waals surface area (Å²) < 4.78 is 0. The summed E-state index contributed by atoms with van der Waals surface area (Å²) in [6.07, 6.45) is 23.6. The molecule has 0 heterocycles. The Labute approximate surface area is 131 Å². The summed E-state index contributed by atoms with van der Waals surface area (Å²) in [5, 5.41) is 0. The first kappa shape index (κ1) is 15.8. The third-order valence-electron chi connectivity index (χ3n) is 6.39. The molecule has 3 aliphatic rings. The van der Waals surface area contributed by atoms with Crippen molar-refractivity contribution >= 4 is 20.3 Å². The summed E-state index contributed by atoms with van der Waals surface area (Å²) >= 11 is -1.35. The molecule has 3 rings (SSSR count). The Morgan fingerprint density at radius 3 is 0.950 bits per heavy atom. The molecule has 0 aromatic rings. The minimum atomic E-state index is -1.35. The fraction of sp³-hybridized carbons (Fsp3) is 1.00. The molecule has 0 radical (unpaired) electrons. The average Bonchev–Trinajstić information content (AvgIpc) is 2.56. The zero-order valence-electron chi connectivity index (χ0n) is 13.3. The average molecular weight is 361 g/mol. The van der Waals surface area contributed by atoms with Crippen LogP contribution in [0.15, 0.2) is 0 Å². The monoisotopic (exact) mass is 362 g/mol. The zero-order valence-corrected chi connectivity index (χ0v) is 16.2. The Morgan fingerprint density at radius 2 is 0.700 bits per heavy atom. The maximum absolute atomic E-state index is 3.68. The van der Waals surface area contributed by atoms with E-state index in [1.54, 1.807) is 77.0 Å². The minimum absolute atomic E-state index is 1.19. The van der Waals surface area contributed by atoms with Crippen LogP contribution in [0.2, 0.25) is 14.4 Å². The van der Waals surface area contributed by atoms with Gasteiger partial charge < -0.3 is 0 Å². The number of hydrogen-bond acceptors (Lipinski definition) is 0. The third kappa shape index (κ3) is 3.31. The van der Waals surface area contributed by atoms with Crippen molar-refractivity contribution in [2.24, 2.45) is 0 Å². The fourth-order valence-corrected chi connectivity index (χ4v) is 20.1. The van der Waals surface area contributed by atoms with Gasteiger partial charge in [0.15, 0.2) is 0 Å². The summed E-state index contributed by atoms with van der Waals surface area (Å²) in [5.41, 5.74) is 0. The molecule has 2 heteroatoms. The molecule has 0 aromatic carbocycles. The van der Waals surface area contributed by atoms with Crippen molar-refractivity contribution in [3.05, 3.63) is 0 Å². The maximum atomic E-state index is 3.68. The molecule has 0 saturated heterocycles. The number of rotatable bonds is 3. The quantitative estimate of drug-likeness (QED) is 0.383. The van der Waals surface area contributed by atoms with Crippen molar-refractivity contribution in [1.82, 2.24) is 0 Å². The van der Waals surface area contributed by atoms with Crippen LogP contribution >= 0.6 is 7.93 Å². The van der Waals surface area contributed by atoms with Gasteiger partial charge in [-0.15, -0.1) is 0 Å². The molecule has 0 N–H and O–H groups in total. The molecule has 1 atom stereocenters. The molecule has 0 nitrogen and oxygen atoms in total. The summed E-state index contributed by atoms with van der Waals surface area (Å²) in [6, 6.07) is 0. The molecule has 0 bridgehead atoms. The van der Waals surface area contributed by atoms with Crippen LogP contribution in [0.4, 0.5) is 0 Å². The van der Waals surface area contributed by atoms with E-state index in [9.17, 15) is 0 Å². The molecule has 3 fully saturated rings. The van der Waals surface area contributed by atoms with Gasteiger partial charge in [0.1, 0.15) is 0 Å². The van der Waals surface area contributed by atoms with Crippen molar-refractivity contribution in [2.45, 2.75) is 111 Å². The normalized spacial score (nSPS) is 29.4. The van der Waals surface area contributed by atoms with Gasteiger partial charge in [0.05, 0.1) is 0 Å². The van der Waals surface area contributed by atoms with E-state index in [0.717, 1.165) is 0 Å². The van der Waals surface area contributed by atoms with E-state index in [0.29, 0.717) is 0 Å². The molecule has 20 heavy (non-hydrogen) atoms. The van der Waals surface area contributed by atoms with Crippen LogP contribution in [-0.4, -0.2) is 12.4 Å². The predicted molar refractivity (Wildman–Crippen MR) is 96.0 cm³/mol. The van der Waals surface area contributed by atoms with Gasteiger partial charge in [-0.1, -0.05) is 0 Å². The van der Waals surface area contributed by atoms with Crippen LogP contribution in [0.1, 0.15) is 96.3 Å². The number of hydrogen-bond donors (Lipinski definition) is 0. The Balaban J connectivity index is 1.79. The van der Waals surface area contributed by atoms with E-state index in [1.165, 1.54) is 33.7 Å². The Kier molecular flexibility index (Phi) is 5.92. The van der Waals surface area contributed by atoms with Crippen LogP contribution in [-0.2, 0) is 0 Å². The van der Waals surface area contributed by atoms with Crippen LogP contribution < -0.4 is 0 Å². The van der Waals surface area contributed by atoms with Gasteiger partial charge >= 0.3 is 131 Å². The van der Waals surface area contributed by atoms with E-state index in [1.807, 2.05) is 0 Å². The molecule has 3 aliphatic carbocycles. The molecule has 1 unspecified atom stereocenters. The molecule has 0 aromatic heterocycles. The predicted octanol–water partition coefficient (Wildman–Crippen LogP) is 6.81. The Morgan fingerprint density at radius 1 is 0.450 bits per heavy atom. The summed E-state index contributed by atoms with van der Waals surface area (Å²) in [7, 11) is 3.68. The van der Waals surface area contributed by atoms with Gasteiger partial charge in [-0.2, -0.15) is 0 Å². The second-order valence-electron chi connectivity index (χ2n) is 7.60. The van der Waals surface area contributed by atoms with E-state index in [2.05, 4.69) is 7.93 Å². The molecular formula is C18H35PSe. The van der Waals surface area contributed by atoms with E-state index >= 15 is 0 Å². The Bertz CT molecular complexity index is 240. The molecule has 118 valence electrons. The van der Waals surface area contributed by atoms with Crippen molar-refractivity contribution in [3.8, 4) is 0 Å². The van der Waals surface area contributed by atoms with Crippen LogP contribution in [0.5, 0.6) is 0 Å². The van der Waals surface area contributed by atoms with E-state index in [-0.39, 0.29) is 0 Å². The second kappa shape index (κ2) is 7.48. The van der Waals surface area contributed by atoms with Crippen molar-refractivity contribution in [2.75, 3.05) is 0 Å². The first-order valence-electron chi connectivity index (χ1n) is 9.39. The van der Waals surface area contributed by atoms with Gasteiger partial charge in [0, 0.05) is 0 Å². The molecule has 0 amide bonds. The topological polar surface area (TPSA) is 0 Å². The zero-order chi connectivity index (χ0) is 13.8. The Hall–Kier alpha value is 0.949. The standard InChI is InChI=1S/C18H35PSe/c19-20(16-10-4-1-5-11-16,17-12-6-2-7-13-17)18-14-8-3-9-15-18/h16-18H,1-15,19H2. The van der Waals surface area contributed by atoms with Crippen LogP contribution in [0, 0.1) is 0 Å². The first-order chi connectivity index (χ1) is 9.82. The van der Waals surface area contributed by atoms with Gasteiger partial charge in [-0.05, 0) is 0 Å². The van der Waals surface area contributed by atoms with Crippen LogP contribution in [0.3, 0.4) is 0 Å². The molecule has 0 aliphatic heterocycles. The SMILES string of the molecule is P[Se](C1CCCCC1)(C1CCCCC1)C1CCCCC1. The van der Waals surface area contributed by atoms with Crippen molar-refractivity contribution in [1.29, 1.82) is 0 Å². The van der Waals surface area contributed by atoms with Crippen molar-refractivity contribution in [3.63, 3.8) is 0 Å². The third-order valence-corrected chi connectivity index (χ3v) is 22.6. The van der Waals surface area contributed by atoms with Gasteiger partial charge in [0.25, 0.3) is 0 Å². The summed E-state index contributed by atoms with van der Waals surface area (Å²) in [6.45, 7) is 0.